The van der Waals surface area contributed by atoms with Crippen molar-refractivity contribution in [2.45, 2.75) is 32.8 Å². The number of ether oxygens (including phenoxy) is 1. The Morgan fingerprint density at radius 3 is 2.31 bits per heavy atom. The number of hydrogen-bond acceptors (Lipinski definition) is 2. The van der Waals surface area contributed by atoms with Crippen LogP contribution in [0.25, 0.3) is 0 Å². The van der Waals surface area contributed by atoms with E-state index in [0.717, 1.165) is 12.2 Å². The molecular weight excluding hydrogens is 202 g/mol. The number of carbonyl (C=O) groups excluding carboxylic acids is 1. The molecule has 0 bridgehead atoms. The molecule has 0 heterocycles. The summed E-state index contributed by atoms with van der Waals surface area (Å²) in [7, 11) is 1.62. The van der Waals surface area contributed by atoms with Gasteiger partial charge in [0.1, 0.15) is 11.4 Å². The van der Waals surface area contributed by atoms with Gasteiger partial charge in [-0.25, -0.2) is 0 Å². The second kappa shape index (κ2) is 5.01. The fourth-order valence-electron chi connectivity index (χ4n) is 1.21. The smallest absolute Gasteiger partial charge is 0.251 e. The Morgan fingerprint density at radius 2 is 1.88 bits per heavy atom. The van der Waals surface area contributed by atoms with Crippen molar-refractivity contribution in [1.29, 1.82) is 0 Å². The zero-order chi connectivity index (χ0) is 12.2. The summed E-state index contributed by atoms with van der Waals surface area (Å²) in [5, 5.41) is 2.58. The lowest BCUT2D eigenvalue weighted by Gasteiger charge is -2.24. The number of carbonyl (C=O) groups is 1. The van der Waals surface area contributed by atoms with Crippen molar-refractivity contribution >= 4 is 5.91 Å². The van der Waals surface area contributed by atoms with E-state index in [4.69, 9.17) is 4.74 Å². The molecule has 0 fully saturated rings. The lowest BCUT2D eigenvalue weighted by Crippen LogP contribution is -2.26. The number of amides is 1. The highest BCUT2D eigenvalue weighted by Crippen LogP contribution is 2.21. The van der Waals surface area contributed by atoms with Crippen LogP contribution in [0.15, 0.2) is 24.3 Å². The second-order valence-corrected chi connectivity index (χ2v) is 4.32. The summed E-state index contributed by atoms with van der Waals surface area (Å²) >= 11 is 0. The maximum atomic E-state index is 11.3. The van der Waals surface area contributed by atoms with E-state index in [-0.39, 0.29) is 11.5 Å². The Balaban J connectivity index is 2.76. The lowest BCUT2D eigenvalue weighted by molar-refractivity contribution is 0.0962. The number of hydrogen-bond donors (Lipinski definition) is 1. The molecule has 0 aromatic heterocycles. The van der Waals surface area contributed by atoms with E-state index in [9.17, 15) is 4.79 Å². The summed E-state index contributed by atoms with van der Waals surface area (Å²) in [6, 6.07) is 7.17. The van der Waals surface area contributed by atoms with Gasteiger partial charge in [0.25, 0.3) is 5.91 Å². The van der Waals surface area contributed by atoms with Crippen LogP contribution < -0.4 is 10.1 Å². The van der Waals surface area contributed by atoms with Gasteiger partial charge < -0.3 is 10.1 Å². The van der Waals surface area contributed by atoms with Crippen LogP contribution in [-0.4, -0.2) is 18.6 Å². The first-order valence-corrected chi connectivity index (χ1v) is 5.49. The first-order valence-electron chi connectivity index (χ1n) is 5.49. The standard InChI is InChI=1S/C13H19NO2/c1-5-13(2,3)16-11-8-6-10(7-9-11)12(15)14-4/h6-9H,5H2,1-4H3,(H,14,15). The van der Waals surface area contributed by atoms with Crippen molar-refractivity contribution in [2.24, 2.45) is 0 Å². The summed E-state index contributed by atoms with van der Waals surface area (Å²) in [6.45, 7) is 6.16. The third-order valence-corrected chi connectivity index (χ3v) is 2.59. The molecule has 0 aliphatic rings. The Morgan fingerprint density at radius 1 is 1.31 bits per heavy atom. The Bertz CT molecular complexity index is 355. The minimum absolute atomic E-state index is 0.0821. The van der Waals surface area contributed by atoms with Crippen LogP contribution in [0.4, 0.5) is 0 Å². The Hall–Kier alpha value is -1.51. The Kier molecular flexibility index (Phi) is 3.93. The van der Waals surface area contributed by atoms with E-state index < -0.39 is 0 Å². The molecule has 1 aromatic carbocycles. The maximum absolute atomic E-state index is 11.3. The van der Waals surface area contributed by atoms with Gasteiger partial charge >= 0.3 is 0 Å². The first kappa shape index (κ1) is 12.6. The molecule has 1 amide bonds. The molecule has 0 atom stereocenters. The van der Waals surface area contributed by atoms with E-state index in [1.807, 2.05) is 26.0 Å². The summed E-state index contributed by atoms with van der Waals surface area (Å²) in [5.74, 6) is 0.709. The molecule has 0 aliphatic heterocycles. The van der Waals surface area contributed by atoms with Crippen molar-refractivity contribution in [3.05, 3.63) is 29.8 Å². The van der Waals surface area contributed by atoms with Crippen molar-refractivity contribution in [3.63, 3.8) is 0 Å². The SMILES string of the molecule is CCC(C)(C)Oc1ccc(C(=O)NC)cc1. The van der Waals surface area contributed by atoms with Gasteiger partial charge in [-0.15, -0.1) is 0 Å². The summed E-state index contributed by atoms with van der Waals surface area (Å²) in [6.07, 6.45) is 0.935. The lowest BCUT2D eigenvalue weighted by atomic mass is 10.1. The van der Waals surface area contributed by atoms with Crippen LogP contribution >= 0.6 is 0 Å². The molecule has 0 unspecified atom stereocenters. The van der Waals surface area contributed by atoms with E-state index >= 15 is 0 Å². The number of nitrogens with one attached hydrogen (secondary N) is 1. The van der Waals surface area contributed by atoms with Gasteiger partial charge in [0.2, 0.25) is 0 Å². The molecule has 1 rings (SSSR count). The monoisotopic (exact) mass is 221 g/mol. The fourth-order valence-corrected chi connectivity index (χ4v) is 1.21. The topological polar surface area (TPSA) is 38.3 Å². The van der Waals surface area contributed by atoms with Crippen LogP contribution in [0.3, 0.4) is 0 Å². The molecule has 0 aliphatic carbocycles. The largest absolute Gasteiger partial charge is 0.488 e. The molecule has 3 heteroatoms. The molecule has 3 nitrogen and oxygen atoms in total. The van der Waals surface area contributed by atoms with Crippen LogP contribution in [0.2, 0.25) is 0 Å². The molecule has 0 saturated carbocycles. The number of rotatable bonds is 4. The summed E-state index contributed by atoms with van der Waals surface area (Å²) < 4.78 is 5.79. The highest BCUT2D eigenvalue weighted by Gasteiger charge is 2.16. The van der Waals surface area contributed by atoms with Gasteiger partial charge in [-0.1, -0.05) is 6.92 Å². The van der Waals surface area contributed by atoms with E-state index in [1.54, 1.807) is 19.2 Å². The average Bonchev–Trinajstić information content (AvgIpc) is 2.28. The summed E-state index contributed by atoms with van der Waals surface area (Å²) in [5.41, 5.74) is 0.471. The number of benzene rings is 1. The normalized spacial score (nSPS) is 11.0. The quantitative estimate of drug-likeness (QED) is 0.848. The first-order chi connectivity index (χ1) is 7.48. The molecule has 16 heavy (non-hydrogen) atoms. The fraction of sp³-hybridized carbons (Fsp3) is 0.462. The zero-order valence-electron chi connectivity index (χ0n) is 10.3. The molecular formula is C13H19NO2. The van der Waals surface area contributed by atoms with Crippen LogP contribution in [0.1, 0.15) is 37.6 Å². The van der Waals surface area contributed by atoms with Gasteiger partial charge in [-0.05, 0) is 44.5 Å². The van der Waals surface area contributed by atoms with Crippen molar-refractivity contribution in [3.8, 4) is 5.75 Å². The van der Waals surface area contributed by atoms with Crippen molar-refractivity contribution in [2.75, 3.05) is 7.05 Å². The van der Waals surface area contributed by atoms with Crippen LogP contribution in [0.5, 0.6) is 5.75 Å². The molecule has 0 saturated heterocycles. The predicted octanol–water partition coefficient (Wildman–Crippen LogP) is 2.61. The van der Waals surface area contributed by atoms with E-state index in [0.29, 0.717) is 5.56 Å². The van der Waals surface area contributed by atoms with Gasteiger partial charge in [0.05, 0.1) is 0 Å². The summed E-state index contributed by atoms with van der Waals surface area (Å²) in [4.78, 5) is 11.3. The van der Waals surface area contributed by atoms with Gasteiger partial charge in [-0.3, -0.25) is 4.79 Å². The Labute approximate surface area is 96.8 Å². The highest BCUT2D eigenvalue weighted by molar-refractivity contribution is 5.94. The van der Waals surface area contributed by atoms with Gasteiger partial charge in [0, 0.05) is 12.6 Å². The molecule has 1 N–H and O–H groups in total. The second-order valence-electron chi connectivity index (χ2n) is 4.32. The van der Waals surface area contributed by atoms with Gasteiger partial charge in [-0.2, -0.15) is 0 Å². The van der Waals surface area contributed by atoms with E-state index in [1.165, 1.54) is 0 Å². The highest BCUT2D eigenvalue weighted by atomic mass is 16.5. The molecule has 88 valence electrons. The van der Waals surface area contributed by atoms with Crippen LogP contribution in [-0.2, 0) is 0 Å². The average molecular weight is 221 g/mol. The molecule has 0 radical (unpaired) electrons. The maximum Gasteiger partial charge on any atom is 0.251 e. The van der Waals surface area contributed by atoms with Crippen molar-refractivity contribution < 1.29 is 9.53 Å². The molecule has 0 spiro atoms. The third-order valence-electron chi connectivity index (χ3n) is 2.59. The molecule has 1 aromatic rings. The minimum atomic E-state index is -0.172. The zero-order valence-corrected chi connectivity index (χ0v) is 10.3. The van der Waals surface area contributed by atoms with Crippen molar-refractivity contribution in [1.82, 2.24) is 5.32 Å². The van der Waals surface area contributed by atoms with E-state index in [2.05, 4.69) is 12.2 Å². The third kappa shape index (κ3) is 3.26. The predicted molar refractivity (Wildman–Crippen MR) is 64.8 cm³/mol. The minimum Gasteiger partial charge on any atom is -0.488 e. The van der Waals surface area contributed by atoms with Gasteiger partial charge in [0.15, 0.2) is 0 Å². The van der Waals surface area contributed by atoms with Crippen LogP contribution in [0, 0.1) is 0 Å².